The molecule has 6 heteroatoms. The lowest BCUT2D eigenvalue weighted by Gasteiger charge is -2.18. The minimum atomic E-state index is 0.169. The highest BCUT2D eigenvalue weighted by molar-refractivity contribution is 7.07. The molecule has 0 amide bonds. The average molecular weight is 373 g/mol. The van der Waals surface area contributed by atoms with Gasteiger partial charge in [0.15, 0.2) is 11.5 Å². The summed E-state index contributed by atoms with van der Waals surface area (Å²) >= 11 is 7.71. The van der Waals surface area contributed by atoms with Crippen LogP contribution in [0.15, 0.2) is 47.3 Å². The Morgan fingerprint density at radius 3 is 2.96 bits per heavy atom. The van der Waals surface area contributed by atoms with Gasteiger partial charge in [-0.15, -0.1) is 11.3 Å². The second kappa shape index (κ2) is 7.04. The number of aromatic nitrogens is 1. The Morgan fingerprint density at radius 1 is 1.24 bits per heavy atom. The zero-order chi connectivity index (χ0) is 17.2. The maximum atomic E-state index is 10.4. The van der Waals surface area contributed by atoms with Crippen molar-refractivity contribution in [2.75, 3.05) is 13.2 Å². The number of aromatic hydroxyl groups is 1. The molecule has 0 spiro atoms. The van der Waals surface area contributed by atoms with Crippen LogP contribution in [0.5, 0.6) is 11.5 Å². The zero-order valence-corrected chi connectivity index (χ0v) is 15.1. The monoisotopic (exact) mass is 372 g/mol. The van der Waals surface area contributed by atoms with E-state index in [1.165, 1.54) is 0 Å². The number of phenols is 1. The first-order valence-corrected chi connectivity index (χ1v) is 9.35. The van der Waals surface area contributed by atoms with Gasteiger partial charge in [-0.2, -0.15) is 0 Å². The molecule has 0 atom stereocenters. The van der Waals surface area contributed by atoms with E-state index in [9.17, 15) is 5.11 Å². The summed E-state index contributed by atoms with van der Waals surface area (Å²) in [5, 5.41) is 13.2. The van der Waals surface area contributed by atoms with Crippen LogP contribution in [0.3, 0.4) is 0 Å². The number of phenolic OH excluding ortho intramolecular Hbond substituents is 1. The molecule has 4 nitrogen and oxygen atoms in total. The van der Waals surface area contributed by atoms with Crippen molar-refractivity contribution in [3.05, 3.63) is 63.6 Å². The molecule has 4 rings (SSSR count). The smallest absolute Gasteiger partial charge is 0.165 e. The predicted molar refractivity (Wildman–Crippen MR) is 100 cm³/mol. The largest absolute Gasteiger partial charge is 0.504 e. The molecule has 1 aliphatic heterocycles. The number of nitrogens with zero attached hydrogens (tertiary/aromatic N) is 2. The number of thiazole rings is 1. The van der Waals surface area contributed by atoms with Crippen molar-refractivity contribution in [3.8, 4) is 22.6 Å². The summed E-state index contributed by atoms with van der Waals surface area (Å²) in [6.07, 6.45) is 0. The second-order valence-corrected chi connectivity index (χ2v) is 7.19. The van der Waals surface area contributed by atoms with Crippen LogP contribution in [0.25, 0.3) is 11.1 Å². The molecule has 1 N–H and O–H groups in total. The fraction of sp³-hybridized carbons (Fsp3) is 0.211. The first-order valence-electron chi connectivity index (χ1n) is 8.03. The standard InChI is InChI=1S/C19H17ClN2O2S/c20-16-3-1-2-13(7-16)14-6-15-9-22(10-17-11-25-12-21-17)4-5-24-19(15)18(23)8-14/h1-3,6-8,11-12,23H,4-5,9-10H2. The van der Waals surface area contributed by atoms with Crippen LogP contribution in [0.1, 0.15) is 11.3 Å². The van der Waals surface area contributed by atoms with Gasteiger partial charge in [-0.1, -0.05) is 23.7 Å². The summed E-state index contributed by atoms with van der Waals surface area (Å²) in [4.78, 5) is 6.64. The lowest BCUT2D eigenvalue weighted by atomic mass is 10.0. The Bertz CT molecular complexity index is 883. The summed E-state index contributed by atoms with van der Waals surface area (Å²) in [7, 11) is 0. The minimum Gasteiger partial charge on any atom is -0.504 e. The van der Waals surface area contributed by atoms with Gasteiger partial charge in [-0.05, 0) is 35.4 Å². The minimum absolute atomic E-state index is 0.169. The van der Waals surface area contributed by atoms with Crippen LogP contribution in [0, 0.1) is 0 Å². The highest BCUT2D eigenvalue weighted by Crippen LogP contribution is 2.38. The molecule has 0 unspecified atom stereocenters. The number of rotatable bonds is 3. The third-order valence-corrected chi connectivity index (χ3v) is 5.09. The van der Waals surface area contributed by atoms with Crippen LogP contribution in [0.4, 0.5) is 0 Å². The van der Waals surface area contributed by atoms with E-state index in [2.05, 4.69) is 21.3 Å². The molecule has 1 aromatic heterocycles. The molecule has 1 aliphatic rings. The maximum Gasteiger partial charge on any atom is 0.165 e. The lowest BCUT2D eigenvalue weighted by Crippen LogP contribution is -2.25. The Hall–Kier alpha value is -2.08. The second-order valence-electron chi connectivity index (χ2n) is 6.03. The van der Waals surface area contributed by atoms with E-state index in [0.29, 0.717) is 23.9 Å². The highest BCUT2D eigenvalue weighted by Gasteiger charge is 2.20. The quantitative estimate of drug-likeness (QED) is 0.731. The van der Waals surface area contributed by atoms with Crippen molar-refractivity contribution < 1.29 is 9.84 Å². The summed E-state index contributed by atoms with van der Waals surface area (Å²) in [5.74, 6) is 0.745. The molecular formula is C19H17ClN2O2S. The zero-order valence-electron chi connectivity index (χ0n) is 13.5. The number of fused-ring (bicyclic) bond motifs is 1. The van der Waals surface area contributed by atoms with E-state index in [-0.39, 0.29) is 5.75 Å². The molecule has 0 saturated carbocycles. The number of hydrogen-bond donors (Lipinski definition) is 1. The van der Waals surface area contributed by atoms with Gasteiger partial charge < -0.3 is 9.84 Å². The number of benzene rings is 2. The topological polar surface area (TPSA) is 45.6 Å². The van der Waals surface area contributed by atoms with E-state index in [4.69, 9.17) is 16.3 Å². The van der Waals surface area contributed by atoms with Gasteiger partial charge in [-0.25, -0.2) is 4.98 Å². The molecule has 0 aliphatic carbocycles. The van der Waals surface area contributed by atoms with E-state index < -0.39 is 0 Å². The molecule has 2 aromatic carbocycles. The lowest BCUT2D eigenvalue weighted by molar-refractivity contribution is 0.216. The molecule has 0 saturated heterocycles. The van der Waals surface area contributed by atoms with Crippen LogP contribution in [-0.4, -0.2) is 28.1 Å². The first-order chi connectivity index (χ1) is 12.2. The summed E-state index contributed by atoms with van der Waals surface area (Å²) in [5.41, 5.74) is 5.78. The third-order valence-electron chi connectivity index (χ3n) is 4.22. The van der Waals surface area contributed by atoms with Gasteiger partial charge in [0.05, 0.1) is 11.2 Å². The van der Waals surface area contributed by atoms with Crippen LogP contribution < -0.4 is 4.74 Å². The van der Waals surface area contributed by atoms with Gasteiger partial charge >= 0.3 is 0 Å². The van der Waals surface area contributed by atoms with Crippen molar-refractivity contribution in [1.29, 1.82) is 0 Å². The highest BCUT2D eigenvalue weighted by atomic mass is 35.5. The molecule has 2 heterocycles. The molecule has 3 aromatic rings. The number of ether oxygens (including phenoxy) is 1. The van der Waals surface area contributed by atoms with Crippen molar-refractivity contribution in [2.45, 2.75) is 13.1 Å². The van der Waals surface area contributed by atoms with E-state index >= 15 is 0 Å². The van der Waals surface area contributed by atoms with Crippen LogP contribution in [0.2, 0.25) is 5.02 Å². The molecular weight excluding hydrogens is 356 g/mol. The summed E-state index contributed by atoms with van der Waals surface area (Å²) in [6.45, 7) is 2.81. The normalized spacial score (nSPS) is 14.6. The molecule has 25 heavy (non-hydrogen) atoms. The Morgan fingerprint density at radius 2 is 2.16 bits per heavy atom. The van der Waals surface area contributed by atoms with Crippen LogP contribution in [-0.2, 0) is 13.1 Å². The number of halogens is 1. The van der Waals surface area contributed by atoms with Gasteiger partial charge in [0.2, 0.25) is 0 Å². The third kappa shape index (κ3) is 3.63. The fourth-order valence-corrected chi connectivity index (χ4v) is 3.81. The van der Waals surface area contributed by atoms with Gasteiger partial charge in [0.25, 0.3) is 0 Å². The predicted octanol–water partition coefficient (Wildman–Crippen LogP) is 4.56. The van der Waals surface area contributed by atoms with Crippen molar-refractivity contribution in [1.82, 2.24) is 9.88 Å². The summed E-state index contributed by atoms with van der Waals surface area (Å²) < 4.78 is 5.81. The SMILES string of the molecule is Oc1cc(-c2cccc(Cl)c2)cc2c1OCCN(Cc1cscn1)C2. The van der Waals surface area contributed by atoms with Crippen molar-refractivity contribution >= 4 is 22.9 Å². The summed E-state index contributed by atoms with van der Waals surface area (Å²) in [6, 6.07) is 11.4. The van der Waals surface area contributed by atoms with E-state index in [0.717, 1.165) is 35.5 Å². The molecule has 128 valence electrons. The van der Waals surface area contributed by atoms with Crippen LogP contribution >= 0.6 is 22.9 Å². The van der Waals surface area contributed by atoms with Crippen molar-refractivity contribution in [2.24, 2.45) is 0 Å². The number of hydrogen-bond acceptors (Lipinski definition) is 5. The molecule has 0 radical (unpaired) electrons. The molecule has 0 bridgehead atoms. The van der Waals surface area contributed by atoms with E-state index in [1.54, 1.807) is 17.4 Å². The van der Waals surface area contributed by atoms with Gasteiger partial charge in [0, 0.05) is 35.6 Å². The first kappa shape index (κ1) is 16.4. The molecule has 0 fully saturated rings. The van der Waals surface area contributed by atoms with Gasteiger partial charge in [-0.3, -0.25) is 4.90 Å². The van der Waals surface area contributed by atoms with E-state index in [1.807, 2.05) is 29.8 Å². The Balaban J connectivity index is 1.67. The van der Waals surface area contributed by atoms with Crippen molar-refractivity contribution in [3.63, 3.8) is 0 Å². The fourth-order valence-electron chi connectivity index (χ4n) is 3.07. The Kier molecular flexibility index (Phi) is 4.61. The van der Waals surface area contributed by atoms with Gasteiger partial charge in [0.1, 0.15) is 6.61 Å². The Labute approximate surface area is 155 Å². The maximum absolute atomic E-state index is 10.4. The average Bonchev–Trinajstić information content (AvgIpc) is 3.01.